The van der Waals surface area contributed by atoms with Crippen molar-refractivity contribution in [3.05, 3.63) is 45.4 Å². The van der Waals surface area contributed by atoms with Gasteiger partial charge < -0.3 is 5.32 Å². The number of benzene rings is 1. The molecule has 1 aromatic carbocycles. The van der Waals surface area contributed by atoms with Gasteiger partial charge in [-0.25, -0.2) is 4.39 Å². The predicted octanol–water partition coefficient (Wildman–Crippen LogP) is 3.98. The van der Waals surface area contributed by atoms with E-state index in [0.717, 1.165) is 15.9 Å². The lowest BCUT2D eigenvalue weighted by Crippen LogP contribution is -2.25. The van der Waals surface area contributed by atoms with Gasteiger partial charge in [-0.2, -0.15) is 5.10 Å². The van der Waals surface area contributed by atoms with Gasteiger partial charge in [-0.3, -0.25) is 9.48 Å². The summed E-state index contributed by atoms with van der Waals surface area (Å²) in [6.45, 7) is 7.84. The van der Waals surface area contributed by atoms with Crippen LogP contribution in [0, 0.1) is 32.5 Å². The summed E-state index contributed by atoms with van der Waals surface area (Å²) < 4.78 is 16.3. The van der Waals surface area contributed by atoms with Crippen LogP contribution in [0.3, 0.4) is 0 Å². The zero-order chi connectivity index (χ0) is 16.4. The Morgan fingerprint density at radius 3 is 2.64 bits per heavy atom. The summed E-state index contributed by atoms with van der Waals surface area (Å²) in [6.07, 6.45) is 0. The molecule has 0 aliphatic carbocycles. The van der Waals surface area contributed by atoms with Crippen LogP contribution in [0.4, 0.5) is 10.1 Å². The number of hydrogen-bond donors (Lipinski definition) is 1. The van der Waals surface area contributed by atoms with E-state index in [1.54, 1.807) is 23.7 Å². The number of halogens is 2. The normalized spacial score (nSPS) is 12.3. The van der Waals surface area contributed by atoms with Gasteiger partial charge in [-0.05, 0) is 54.4 Å². The van der Waals surface area contributed by atoms with Crippen molar-refractivity contribution >= 4 is 27.5 Å². The molecule has 0 aliphatic rings. The summed E-state index contributed by atoms with van der Waals surface area (Å²) in [5, 5.41) is 7.13. The molecule has 0 unspecified atom stereocenters. The first-order valence-corrected chi connectivity index (χ1v) is 7.85. The SMILES string of the molecule is Cc1ccc(NC(=O)[C@H](C)Cn2nc(C)c(Br)c2C)cc1F. The van der Waals surface area contributed by atoms with Crippen molar-refractivity contribution < 1.29 is 9.18 Å². The maximum Gasteiger partial charge on any atom is 0.229 e. The fourth-order valence-corrected chi connectivity index (χ4v) is 2.42. The molecule has 0 saturated carbocycles. The highest BCUT2D eigenvalue weighted by molar-refractivity contribution is 9.10. The number of hydrogen-bond acceptors (Lipinski definition) is 2. The maximum absolute atomic E-state index is 13.5. The van der Waals surface area contributed by atoms with Gasteiger partial charge in [-0.15, -0.1) is 0 Å². The topological polar surface area (TPSA) is 46.9 Å². The van der Waals surface area contributed by atoms with Gasteiger partial charge in [-0.1, -0.05) is 13.0 Å². The average molecular weight is 368 g/mol. The Hall–Kier alpha value is -1.69. The molecule has 1 aromatic heterocycles. The Bertz CT molecular complexity index is 712. The number of anilines is 1. The van der Waals surface area contributed by atoms with Gasteiger partial charge >= 0.3 is 0 Å². The average Bonchev–Trinajstić information content (AvgIpc) is 2.70. The molecule has 1 amide bonds. The first kappa shape index (κ1) is 16.7. The van der Waals surface area contributed by atoms with E-state index in [2.05, 4.69) is 26.3 Å². The Morgan fingerprint density at radius 1 is 1.41 bits per heavy atom. The molecule has 1 N–H and O–H groups in total. The number of carbonyl (C=O) groups is 1. The second-order valence-electron chi connectivity index (χ2n) is 5.52. The van der Waals surface area contributed by atoms with Gasteiger partial charge in [0, 0.05) is 11.4 Å². The summed E-state index contributed by atoms with van der Waals surface area (Å²) in [4.78, 5) is 12.2. The highest BCUT2D eigenvalue weighted by Crippen LogP contribution is 2.21. The largest absolute Gasteiger partial charge is 0.326 e. The van der Waals surface area contributed by atoms with Crippen molar-refractivity contribution in [1.29, 1.82) is 0 Å². The first-order valence-electron chi connectivity index (χ1n) is 7.06. The van der Waals surface area contributed by atoms with E-state index in [4.69, 9.17) is 0 Å². The first-order chi connectivity index (χ1) is 10.3. The second-order valence-corrected chi connectivity index (χ2v) is 6.31. The monoisotopic (exact) mass is 367 g/mol. The van der Waals surface area contributed by atoms with Crippen LogP contribution in [0.15, 0.2) is 22.7 Å². The van der Waals surface area contributed by atoms with Gasteiger partial charge in [0.15, 0.2) is 0 Å². The lowest BCUT2D eigenvalue weighted by Gasteiger charge is -2.14. The standard InChI is InChI=1S/C16H19BrFN3O/c1-9-5-6-13(7-14(9)18)19-16(22)10(2)8-21-12(4)15(17)11(3)20-21/h5-7,10H,8H2,1-4H3,(H,19,22)/t10-/m1/s1. The van der Waals surface area contributed by atoms with E-state index in [0.29, 0.717) is 17.8 Å². The molecular formula is C16H19BrFN3O. The fourth-order valence-electron chi connectivity index (χ4n) is 2.13. The fraction of sp³-hybridized carbons (Fsp3) is 0.375. The number of amides is 1. The van der Waals surface area contributed by atoms with Crippen LogP contribution in [-0.4, -0.2) is 15.7 Å². The third-order valence-electron chi connectivity index (χ3n) is 3.63. The molecule has 22 heavy (non-hydrogen) atoms. The smallest absolute Gasteiger partial charge is 0.229 e. The summed E-state index contributed by atoms with van der Waals surface area (Å²) in [7, 11) is 0. The van der Waals surface area contributed by atoms with E-state index in [1.165, 1.54) is 6.07 Å². The molecule has 0 radical (unpaired) electrons. The van der Waals surface area contributed by atoms with Crippen molar-refractivity contribution in [2.24, 2.45) is 5.92 Å². The van der Waals surface area contributed by atoms with Crippen LogP contribution in [-0.2, 0) is 11.3 Å². The zero-order valence-corrected chi connectivity index (χ0v) is 14.7. The Kier molecular flexibility index (Phi) is 5.01. The maximum atomic E-state index is 13.5. The summed E-state index contributed by atoms with van der Waals surface area (Å²) in [5.41, 5.74) is 2.90. The Labute approximate surface area is 137 Å². The minimum atomic E-state index is -0.326. The van der Waals surface area contributed by atoms with E-state index in [9.17, 15) is 9.18 Å². The molecule has 6 heteroatoms. The minimum absolute atomic E-state index is 0.160. The van der Waals surface area contributed by atoms with Crippen molar-refractivity contribution in [3.63, 3.8) is 0 Å². The van der Waals surface area contributed by atoms with E-state index >= 15 is 0 Å². The van der Waals surface area contributed by atoms with Crippen LogP contribution in [0.5, 0.6) is 0 Å². The van der Waals surface area contributed by atoms with Crippen LogP contribution in [0.1, 0.15) is 23.9 Å². The Balaban J connectivity index is 2.05. The number of rotatable bonds is 4. The van der Waals surface area contributed by atoms with Crippen molar-refractivity contribution in [2.75, 3.05) is 5.32 Å². The van der Waals surface area contributed by atoms with Crippen molar-refractivity contribution in [2.45, 2.75) is 34.2 Å². The molecule has 1 heterocycles. The van der Waals surface area contributed by atoms with E-state index < -0.39 is 0 Å². The second kappa shape index (κ2) is 6.60. The van der Waals surface area contributed by atoms with Crippen LogP contribution >= 0.6 is 15.9 Å². The zero-order valence-electron chi connectivity index (χ0n) is 13.1. The Morgan fingerprint density at radius 2 is 2.09 bits per heavy atom. The number of nitrogens with zero attached hydrogens (tertiary/aromatic N) is 2. The number of aryl methyl sites for hydroxylation is 2. The van der Waals surface area contributed by atoms with Gasteiger partial charge in [0.1, 0.15) is 5.82 Å². The molecule has 0 bridgehead atoms. The summed E-state index contributed by atoms with van der Waals surface area (Å²) in [5.74, 6) is -0.769. The quantitative estimate of drug-likeness (QED) is 0.887. The van der Waals surface area contributed by atoms with Gasteiger partial charge in [0.25, 0.3) is 0 Å². The summed E-state index contributed by atoms with van der Waals surface area (Å²) in [6, 6.07) is 4.68. The molecule has 118 valence electrons. The van der Waals surface area contributed by atoms with E-state index in [1.807, 2.05) is 20.8 Å². The van der Waals surface area contributed by atoms with Crippen LogP contribution in [0.2, 0.25) is 0 Å². The molecule has 0 aliphatic heterocycles. The van der Waals surface area contributed by atoms with Crippen LogP contribution < -0.4 is 5.32 Å². The van der Waals surface area contributed by atoms with Crippen molar-refractivity contribution in [3.8, 4) is 0 Å². The highest BCUT2D eigenvalue weighted by atomic mass is 79.9. The number of nitrogens with one attached hydrogen (secondary N) is 1. The molecule has 2 rings (SSSR count). The molecule has 0 fully saturated rings. The summed E-state index contributed by atoms with van der Waals surface area (Å²) >= 11 is 3.47. The van der Waals surface area contributed by atoms with Gasteiger partial charge in [0.2, 0.25) is 5.91 Å². The molecule has 1 atom stereocenters. The van der Waals surface area contributed by atoms with Crippen LogP contribution in [0.25, 0.3) is 0 Å². The van der Waals surface area contributed by atoms with Gasteiger partial charge in [0.05, 0.1) is 22.6 Å². The lowest BCUT2D eigenvalue weighted by molar-refractivity contribution is -0.119. The molecule has 0 saturated heterocycles. The van der Waals surface area contributed by atoms with E-state index in [-0.39, 0.29) is 17.6 Å². The molecule has 2 aromatic rings. The molecule has 4 nitrogen and oxygen atoms in total. The highest BCUT2D eigenvalue weighted by Gasteiger charge is 2.17. The third kappa shape index (κ3) is 3.55. The minimum Gasteiger partial charge on any atom is -0.326 e. The molecule has 0 spiro atoms. The van der Waals surface area contributed by atoms with Crippen molar-refractivity contribution in [1.82, 2.24) is 9.78 Å². The third-order valence-corrected chi connectivity index (χ3v) is 4.77. The molecular weight excluding hydrogens is 349 g/mol. The lowest BCUT2D eigenvalue weighted by atomic mass is 10.1. The number of carbonyl (C=O) groups excluding carboxylic acids is 1. The predicted molar refractivity (Wildman–Crippen MR) is 88.3 cm³/mol. The number of aromatic nitrogens is 2.